The van der Waals surface area contributed by atoms with Crippen LogP contribution >= 0.6 is 0 Å². The van der Waals surface area contributed by atoms with Gasteiger partial charge in [0.25, 0.3) is 5.91 Å². The summed E-state index contributed by atoms with van der Waals surface area (Å²) in [7, 11) is -3.70. The lowest BCUT2D eigenvalue weighted by atomic mass is 10.1. The van der Waals surface area contributed by atoms with Crippen molar-refractivity contribution in [3.63, 3.8) is 0 Å². The lowest BCUT2D eigenvalue weighted by Gasteiger charge is -2.10. The predicted molar refractivity (Wildman–Crippen MR) is 92.4 cm³/mol. The molecule has 5 nitrogen and oxygen atoms in total. The molecule has 120 valence electrons. The van der Waals surface area contributed by atoms with E-state index >= 15 is 0 Å². The summed E-state index contributed by atoms with van der Waals surface area (Å²) in [5, 5.41) is 3.96. The molecule has 24 heavy (non-hydrogen) atoms. The lowest BCUT2D eigenvalue weighted by Crippen LogP contribution is -2.23. The molecular formula is C18H14N2O3S. The van der Waals surface area contributed by atoms with E-state index in [0.717, 1.165) is 5.56 Å². The maximum absolute atomic E-state index is 12.7. The molecule has 3 aromatic carbocycles. The zero-order valence-corrected chi connectivity index (χ0v) is 13.4. The van der Waals surface area contributed by atoms with E-state index < -0.39 is 10.0 Å². The Bertz CT molecular complexity index is 1060. The fourth-order valence-corrected chi connectivity index (χ4v) is 4.17. The standard InChI is InChI=1S/C18H14N2O3S/c21-18-14-8-4-7-13-16(10-9-15(20-18)17(13)14)24(22,23)19-11-12-5-2-1-3-6-12/h1-10,19H,11H2,(H,20,21). The molecule has 4 rings (SSSR count). The molecule has 0 saturated carbocycles. The molecule has 3 aromatic rings. The molecule has 0 spiro atoms. The Morgan fingerprint density at radius 1 is 0.917 bits per heavy atom. The van der Waals surface area contributed by atoms with Crippen molar-refractivity contribution in [1.29, 1.82) is 0 Å². The van der Waals surface area contributed by atoms with Crippen LogP contribution in [-0.2, 0) is 16.6 Å². The van der Waals surface area contributed by atoms with Crippen molar-refractivity contribution in [3.05, 3.63) is 71.8 Å². The van der Waals surface area contributed by atoms with E-state index in [4.69, 9.17) is 0 Å². The molecule has 1 aliphatic rings. The highest BCUT2D eigenvalue weighted by Crippen LogP contribution is 2.36. The topological polar surface area (TPSA) is 75.3 Å². The van der Waals surface area contributed by atoms with Crippen molar-refractivity contribution in [2.24, 2.45) is 0 Å². The molecule has 6 heteroatoms. The van der Waals surface area contributed by atoms with Crippen LogP contribution in [-0.4, -0.2) is 14.3 Å². The molecule has 0 aromatic heterocycles. The Morgan fingerprint density at radius 2 is 1.71 bits per heavy atom. The summed E-state index contributed by atoms with van der Waals surface area (Å²) < 4.78 is 28.1. The van der Waals surface area contributed by atoms with E-state index in [1.54, 1.807) is 24.3 Å². The molecule has 0 aliphatic carbocycles. The minimum Gasteiger partial charge on any atom is -0.321 e. The van der Waals surface area contributed by atoms with Gasteiger partial charge in [0.1, 0.15) is 0 Å². The van der Waals surface area contributed by atoms with Gasteiger partial charge in [0.05, 0.1) is 4.90 Å². The zero-order valence-electron chi connectivity index (χ0n) is 12.6. The van der Waals surface area contributed by atoms with Gasteiger partial charge in [-0.05, 0) is 23.8 Å². The van der Waals surface area contributed by atoms with Crippen molar-refractivity contribution in [3.8, 4) is 0 Å². The van der Waals surface area contributed by atoms with E-state index in [0.29, 0.717) is 22.0 Å². The maximum Gasteiger partial charge on any atom is 0.256 e. The molecule has 1 aliphatic heterocycles. The SMILES string of the molecule is O=C1Nc2ccc(S(=O)(=O)NCc3ccccc3)c3cccc1c23. The highest BCUT2D eigenvalue weighted by atomic mass is 32.2. The quantitative estimate of drug-likeness (QED) is 0.768. The number of carbonyl (C=O) groups excluding carboxylic acids is 1. The van der Waals surface area contributed by atoms with Crippen LogP contribution in [0.2, 0.25) is 0 Å². The number of sulfonamides is 1. The van der Waals surface area contributed by atoms with E-state index in [2.05, 4.69) is 10.0 Å². The Labute approximate surface area is 139 Å². The number of anilines is 1. The van der Waals surface area contributed by atoms with Crippen LogP contribution in [0.1, 0.15) is 15.9 Å². The first-order chi connectivity index (χ1) is 11.6. The minimum absolute atomic E-state index is 0.176. The Hall–Kier alpha value is -2.70. The normalized spacial score (nSPS) is 13.2. The molecule has 1 amide bonds. The second-order valence-corrected chi connectivity index (χ2v) is 7.34. The molecule has 0 saturated heterocycles. The number of carbonyl (C=O) groups is 1. The number of rotatable bonds is 4. The molecule has 0 fully saturated rings. The highest BCUT2D eigenvalue weighted by Gasteiger charge is 2.25. The number of benzene rings is 3. The number of hydrogen-bond acceptors (Lipinski definition) is 3. The third-order valence-electron chi connectivity index (χ3n) is 4.09. The highest BCUT2D eigenvalue weighted by molar-refractivity contribution is 7.89. The molecule has 0 atom stereocenters. The van der Waals surface area contributed by atoms with Gasteiger partial charge in [-0.2, -0.15) is 0 Å². The van der Waals surface area contributed by atoms with E-state index in [9.17, 15) is 13.2 Å². The summed E-state index contributed by atoms with van der Waals surface area (Å²) in [5.74, 6) is -0.206. The van der Waals surface area contributed by atoms with Crippen molar-refractivity contribution < 1.29 is 13.2 Å². The van der Waals surface area contributed by atoms with Crippen LogP contribution in [0.5, 0.6) is 0 Å². The van der Waals surface area contributed by atoms with Crippen LogP contribution in [0.25, 0.3) is 10.8 Å². The number of hydrogen-bond donors (Lipinski definition) is 2. The lowest BCUT2D eigenvalue weighted by molar-refractivity contribution is 0.103. The molecule has 0 radical (unpaired) electrons. The van der Waals surface area contributed by atoms with Gasteiger partial charge in [0, 0.05) is 28.6 Å². The van der Waals surface area contributed by atoms with Crippen molar-refractivity contribution in [1.82, 2.24) is 4.72 Å². The summed E-state index contributed by atoms with van der Waals surface area (Å²) >= 11 is 0. The Kier molecular flexibility index (Phi) is 3.37. The van der Waals surface area contributed by atoms with Gasteiger partial charge in [-0.1, -0.05) is 42.5 Å². The third kappa shape index (κ3) is 2.36. The molecule has 1 heterocycles. The van der Waals surface area contributed by atoms with Crippen LogP contribution in [0.3, 0.4) is 0 Å². The first kappa shape index (κ1) is 14.9. The number of amides is 1. The monoisotopic (exact) mass is 338 g/mol. The largest absolute Gasteiger partial charge is 0.321 e. The fourth-order valence-electron chi connectivity index (χ4n) is 2.95. The summed E-state index contributed by atoms with van der Waals surface area (Å²) in [5.41, 5.74) is 2.03. The van der Waals surface area contributed by atoms with E-state index in [-0.39, 0.29) is 17.3 Å². The smallest absolute Gasteiger partial charge is 0.256 e. The van der Waals surface area contributed by atoms with Crippen molar-refractivity contribution in [2.45, 2.75) is 11.4 Å². The summed E-state index contributed by atoms with van der Waals surface area (Å²) in [6, 6.07) is 17.6. The summed E-state index contributed by atoms with van der Waals surface area (Å²) in [6.07, 6.45) is 0. The van der Waals surface area contributed by atoms with Gasteiger partial charge in [0.2, 0.25) is 10.0 Å². The van der Waals surface area contributed by atoms with Crippen LogP contribution in [0, 0.1) is 0 Å². The summed E-state index contributed by atoms with van der Waals surface area (Å²) in [4.78, 5) is 12.1. The van der Waals surface area contributed by atoms with Crippen LogP contribution in [0.4, 0.5) is 5.69 Å². The average Bonchev–Trinajstić information content (AvgIpc) is 2.92. The fraction of sp³-hybridized carbons (Fsp3) is 0.0556. The van der Waals surface area contributed by atoms with Crippen molar-refractivity contribution in [2.75, 3.05) is 5.32 Å². The molecule has 0 bridgehead atoms. The minimum atomic E-state index is -3.70. The predicted octanol–water partition coefficient (Wildman–Crippen LogP) is 2.88. The zero-order chi connectivity index (χ0) is 16.7. The van der Waals surface area contributed by atoms with Gasteiger partial charge >= 0.3 is 0 Å². The third-order valence-corrected chi connectivity index (χ3v) is 5.55. The van der Waals surface area contributed by atoms with Gasteiger partial charge < -0.3 is 5.32 Å². The van der Waals surface area contributed by atoms with E-state index in [1.807, 2.05) is 30.3 Å². The number of nitrogens with one attached hydrogen (secondary N) is 2. The Morgan fingerprint density at radius 3 is 2.50 bits per heavy atom. The second-order valence-electron chi connectivity index (χ2n) is 5.60. The summed E-state index contributed by atoms with van der Waals surface area (Å²) in [6.45, 7) is 0.212. The molecule has 0 unspecified atom stereocenters. The van der Waals surface area contributed by atoms with Gasteiger partial charge in [0.15, 0.2) is 0 Å². The van der Waals surface area contributed by atoms with E-state index in [1.165, 1.54) is 6.07 Å². The average molecular weight is 338 g/mol. The van der Waals surface area contributed by atoms with Gasteiger partial charge in [-0.3, -0.25) is 4.79 Å². The first-order valence-corrected chi connectivity index (χ1v) is 8.95. The van der Waals surface area contributed by atoms with Crippen molar-refractivity contribution >= 4 is 32.4 Å². The van der Waals surface area contributed by atoms with Crippen LogP contribution < -0.4 is 10.0 Å². The molecular weight excluding hydrogens is 324 g/mol. The van der Waals surface area contributed by atoms with Gasteiger partial charge in [-0.15, -0.1) is 0 Å². The van der Waals surface area contributed by atoms with Gasteiger partial charge in [-0.25, -0.2) is 13.1 Å². The Balaban J connectivity index is 1.77. The second kappa shape index (κ2) is 5.43. The van der Waals surface area contributed by atoms with Crippen LogP contribution in [0.15, 0.2) is 65.6 Å². The maximum atomic E-state index is 12.7. The first-order valence-electron chi connectivity index (χ1n) is 7.47. The molecule has 2 N–H and O–H groups in total.